The number of hydrogen-bond acceptors (Lipinski definition) is 2. The number of benzene rings is 2. The summed E-state index contributed by atoms with van der Waals surface area (Å²) in [6.45, 7) is 4.32. The number of amides is 1. The number of anilines is 1. The molecule has 3 nitrogen and oxygen atoms in total. The van der Waals surface area contributed by atoms with Crippen LogP contribution in [0.25, 0.3) is 11.3 Å². The van der Waals surface area contributed by atoms with Gasteiger partial charge >= 0.3 is 0 Å². The third-order valence-electron chi connectivity index (χ3n) is 3.72. The largest absolute Gasteiger partial charge is 0.451 e. The Morgan fingerprint density at radius 1 is 0.913 bits per heavy atom. The summed E-state index contributed by atoms with van der Waals surface area (Å²) in [5, 5.41) is 2.81. The van der Waals surface area contributed by atoms with Crippen LogP contribution in [0.2, 0.25) is 0 Å². The van der Waals surface area contributed by atoms with Crippen LogP contribution in [-0.2, 0) is 0 Å². The molecule has 2 aromatic carbocycles. The van der Waals surface area contributed by atoms with E-state index in [1.807, 2.05) is 48.5 Å². The molecule has 0 bridgehead atoms. The van der Waals surface area contributed by atoms with E-state index < -0.39 is 0 Å². The van der Waals surface area contributed by atoms with E-state index in [1.165, 1.54) is 5.56 Å². The highest BCUT2D eigenvalue weighted by atomic mass is 16.3. The van der Waals surface area contributed by atoms with E-state index in [9.17, 15) is 4.79 Å². The number of para-hydroxylation sites is 1. The Morgan fingerprint density at radius 3 is 2.26 bits per heavy atom. The average Bonchev–Trinajstić information content (AvgIpc) is 3.06. The number of nitrogens with one attached hydrogen (secondary N) is 1. The summed E-state index contributed by atoms with van der Waals surface area (Å²) in [5.41, 5.74) is 2.99. The molecule has 0 radical (unpaired) electrons. The smallest absolute Gasteiger partial charge is 0.291 e. The first-order chi connectivity index (χ1) is 11.1. The molecular weight excluding hydrogens is 286 g/mol. The molecule has 0 saturated heterocycles. The lowest BCUT2D eigenvalue weighted by molar-refractivity contribution is 0.0997. The molecular formula is C20H19NO2. The van der Waals surface area contributed by atoms with Crippen LogP contribution in [0.15, 0.2) is 71.1 Å². The van der Waals surface area contributed by atoms with Crippen LogP contribution in [0.5, 0.6) is 0 Å². The van der Waals surface area contributed by atoms with Gasteiger partial charge in [-0.25, -0.2) is 0 Å². The van der Waals surface area contributed by atoms with E-state index >= 15 is 0 Å². The van der Waals surface area contributed by atoms with Crippen LogP contribution in [0.1, 0.15) is 35.9 Å². The Bertz CT molecular complexity index is 786. The second-order valence-electron chi connectivity index (χ2n) is 5.76. The van der Waals surface area contributed by atoms with E-state index in [2.05, 4.69) is 31.3 Å². The molecule has 116 valence electrons. The Labute approximate surface area is 136 Å². The molecule has 1 heterocycles. The minimum atomic E-state index is -0.249. The van der Waals surface area contributed by atoms with Crippen molar-refractivity contribution < 1.29 is 9.21 Å². The van der Waals surface area contributed by atoms with E-state index in [-0.39, 0.29) is 5.91 Å². The van der Waals surface area contributed by atoms with E-state index in [1.54, 1.807) is 6.07 Å². The standard InChI is InChI=1S/C20H19NO2/c1-14(2)15-8-10-16(11-9-15)18-12-13-19(23-18)20(22)21-17-6-4-3-5-7-17/h3-14H,1-2H3,(H,21,22). The van der Waals surface area contributed by atoms with Crippen molar-refractivity contribution in [1.82, 2.24) is 0 Å². The molecule has 3 aromatic rings. The van der Waals surface area contributed by atoms with Gasteiger partial charge in [0.15, 0.2) is 5.76 Å². The lowest BCUT2D eigenvalue weighted by Crippen LogP contribution is -2.10. The summed E-state index contributed by atoms with van der Waals surface area (Å²) in [5.74, 6) is 1.24. The molecule has 23 heavy (non-hydrogen) atoms. The van der Waals surface area contributed by atoms with Gasteiger partial charge in [0.25, 0.3) is 5.91 Å². The molecule has 0 spiro atoms. The van der Waals surface area contributed by atoms with Crippen LogP contribution < -0.4 is 5.32 Å². The predicted octanol–water partition coefficient (Wildman–Crippen LogP) is 5.32. The second kappa shape index (κ2) is 6.53. The highest BCUT2D eigenvalue weighted by Crippen LogP contribution is 2.25. The highest BCUT2D eigenvalue weighted by molar-refractivity contribution is 6.02. The molecule has 1 amide bonds. The van der Waals surface area contributed by atoms with E-state index in [4.69, 9.17) is 4.42 Å². The zero-order valence-corrected chi connectivity index (χ0v) is 13.2. The zero-order chi connectivity index (χ0) is 16.2. The predicted molar refractivity (Wildman–Crippen MR) is 92.6 cm³/mol. The monoisotopic (exact) mass is 305 g/mol. The van der Waals surface area contributed by atoms with Crippen molar-refractivity contribution in [2.24, 2.45) is 0 Å². The van der Waals surface area contributed by atoms with Gasteiger partial charge in [-0.1, -0.05) is 56.3 Å². The summed E-state index contributed by atoms with van der Waals surface area (Å²) in [7, 11) is 0. The third-order valence-corrected chi connectivity index (χ3v) is 3.72. The van der Waals surface area contributed by atoms with Crippen LogP contribution >= 0.6 is 0 Å². The number of hydrogen-bond donors (Lipinski definition) is 1. The molecule has 0 saturated carbocycles. The third kappa shape index (κ3) is 3.51. The lowest BCUT2D eigenvalue weighted by atomic mass is 10.0. The first kappa shape index (κ1) is 15.1. The van der Waals surface area contributed by atoms with Gasteiger partial charge < -0.3 is 9.73 Å². The summed E-state index contributed by atoms with van der Waals surface area (Å²) >= 11 is 0. The van der Waals surface area contributed by atoms with E-state index in [0.29, 0.717) is 17.4 Å². The van der Waals surface area contributed by atoms with Crippen molar-refractivity contribution in [3.05, 3.63) is 78.1 Å². The lowest BCUT2D eigenvalue weighted by Gasteiger charge is -2.05. The molecule has 1 aromatic heterocycles. The van der Waals surface area contributed by atoms with Crippen LogP contribution in [0.3, 0.4) is 0 Å². The SMILES string of the molecule is CC(C)c1ccc(-c2ccc(C(=O)Nc3ccccc3)o2)cc1. The number of carbonyl (C=O) groups excluding carboxylic acids is 1. The molecule has 0 aliphatic carbocycles. The molecule has 0 unspecified atom stereocenters. The van der Waals surface area contributed by atoms with Gasteiger partial charge in [0.05, 0.1) is 0 Å². The summed E-state index contributed by atoms with van der Waals surface area (Å²) < 4.78 is 5.69. The van der Waals surface area contributed by atoms with Gasteiger partial charge in [-0.05, 0) is 35.7 Å². The maximum atomic E-state index is 12.2. The Hall–Kier alpha value is -2.81. The van der Waals surface area contributed by atoms with Gasteiger partial charge in [0.2, 0.25) is 0 Å². The van der Waals surface area contributed by atoms with E-state index in [0.717, 1.165) is 11.3 Å². The van der Waals surface area contributed by atoms with Gasteiger partial charge in [0.1, 0.15) is 5.76 Å². The molecule has 1 N–H and O–H groups in total. The molecule has 0 atom stereocenters. The Morgan fingerprint density at radius 2 is 1.61 bits per heavy atom. The molecule has 0 fully saturated rings. The number of rotatable bonds is 4. The van der Waals surface area contributed by atoms with Crippen LogP contribution in [0.4, 0.5) is 5.69 Å². The summed E-state index contributed by atoms with van der Waals surface area (Å²) in [6, 6.07) is 21.1. The normalized spacial score (nSPS) is 10.7. The Kier molecular flexibility index (Phi) is 4.29. The van der Waals surface area contributed by atoms with Crippen molar-refractivity contribution in [2.45, 2.75) is 19.8 Å². The minimum absolute atomic E-state index is 0.249. The first-order valence-corrected chi connectivity index (χ1v) is 7.70. The minimum Gasteiger partial charge on any atom is -0.451 e. The van der Waals surface area contributed by atoms with Crippen molar-refractivity contribution in [3.8, 4) is 11.3 Å². The molecule has 3 rings (SSSR count). The summed E-state index contributed by atoms with van der Waals surface area (Å²) in [6.07, 6.45) is 0. The fourth-order valence-electron chi connectivity index (χ4n) is 2.36. The zero-order valence-electron chi connectivity index (χ0n) is 13.2. The van der Waals surface area contributed by atoms with Crippen molar-refractivity contribution in [1.29, 1.82) is 0 Å². The second-order valence-corrected chi connectivity index (χ2v) is 5.76. The van der Waals surface area contributed by atoms with Crippen molar-refractivity contribution in [3.63, 3.8) is 0 Å². The molecule has 0 aliphatic heterocycles. The number of furan rings is 1. The molecule has 3 heteroatoms. The van der Waals surface area contributed by atoms with Gasteiger partial charge in [-0.15, -0.1) is 0 Å². The van der Waals surface area contributed by atoms with Gasteiger partial charge in [-0.2, -0.15) is 0 Å². The van der Waals surface area contributed by atoms with Crippen LogP contribution in [0, 0.1) is 0 Å². The Balaban J connectivity index is 1.76. The fraction of sp³-hybridized carbons (Fsp3) is 0.150. The highest BCUT2D eigenvalue weighted by Gasteiger charge is 2.12. The average molecular weight is 305 g/mol. The molecule has 0 aliphatic rings. The first-order valence-electron chi connectivity index (χ1n) is 7.70. The number of carbonyl (C=O) groups is 1. The van der Waals surface area contributed by atoms with Gasteiger partial charge in [0, 0.05) is 11.3 Å². The topological polar surface area (TPSA) is 42.2 Å². The van der Waals surface area contributed by atoms with Crippen molar-refractivity contribution >= 4 is 11.6 Å². The maximum absolute atomic E-state index is 12.2. The van der Waals surface area contributed by atoms with Crippen LogP contribution in [-0.4, -0.2) is 5.91 Å². The van der Waals surface area contributed by atoms with Crippen molar-refractivity contribution in [2.75, 3.05) is 5.32 Å². The maximum Gasteiger partial charge on any atom is 0.291 e. The quantitative estimate of drug-likeness (QED) is 0.708. The fourth-order valence-corrected chi connectivity index (χ4v) is 2.36. The summed E-state index contributed by atoms with van der Waals surface area (Å²) in [4.78, 5) is 12.2. The van der Waals surface area contributed by atoms with Gasteiger partial charge in [-0.3, -0.25) is 4.79 Å².